The molecule has 0 atom stereocenters. The number of nitrogens with one attached hydrogen (secondary N) is 2. The van der Waals surface area contributed by atoms with Gasteiger partial charge in [0, 0.05) is 11.7 Å². The highest BCUT2D eigenvalue weighted by atomic mass is 16.5. The fourth-order valence-electron chi connectivity index (χ4n) is 2.54. The van der Waals surface area contributed by atoms with E-state index in [1.807, 2.05) is 0 Å². The fourth-order valence-corrected chi connectivity index (χ4v) is 2.54. The second kappa shape index (κ2) is 7.67. The molecule has 0 radical (unpaired) electrons. The van der Waals surface area contributed by atoms with E-state index in [0.29, 0.717) is 17.9 Å². The molecule has 2 amide bonds. The number of rotatable bonds is 4. The van der Waals surface area contributed by atoms with E-state index in [9.17, 15) is 9.59 Å². The van der Waals surface area contributed by atoms with Gasteiger partial charge in [-0.15, -0.1) is 0 Å². The number of hydrogen-bond acceptors (Lipinski definition) is 3. The number of carbonyl (C=O) groups is 2. The molecule has 0 aliphatic heterocycles. The highest BCUT2D eigenvalue weighted by molar-refractivity contribution is 5.94. The Kier molecular flexibility index (Phi) is 5.60. The third kappa shape index (κ3) is 4.77. The van der Waals surface area contributed by atoms with Crippen molar-refractivity contribution in [3.8, 4) is 0 Å². The van der Waals surface area contributed by atoms with Gasteiger partial charge in [-0.05, 0) is 38.0 Å². The van der Waals surface area contributed by atoms with Gasteiger partial charge in [-0.25, -0.2) is 9.59 Å². The van der Waals surface area contributed by atoms with Crippen molar-refractivity contribution < 1.29 is 14.3 Å². The first-order chi connectivity index (χ1) is 10.2. The van der Waals surface area contributed by atoms with E-state index >= 15 is 0 Å². The molecule has 1 fully saturated rings. The van der Waals surface area contributed by atoms with Crippen LogP contribution in [0.1, 0.15) is 49.4 Å². The zero-order valence-electron chi connectivity index (χ0n) is 12.4. The number of ether oxygens (including phenoxy) is 1. The van der Waals surface area contributed by atoms with Crippen molar-refractivity contribution in [2.24, 2.45) is 0 Å². The molecule has 1 aromatic rings. The molecule has 0 heterocycles. The van der Waals surface area contributed by atoms with Crippen LogP contribution >= 0.6 is 0 Å². The van der Waals surface area contributed by atoms with Crippen molar-refractivity contribution in [2.75, 3.05) is 11.9 Å². The molecule has 0 saturated heterocycles. The van der Waals surface area contributed by atoms with Gasteiger partial charge in [-0.1, -0.05) is 25.3 Å². The summed E-state index contributed by atoms with van der Waals surface area (Å²) in [5.74, 6) is -0.381. The highest BCUT2D eigenvalue weighted by Gasteiger charge is 2.16. The minimum atomic E-state index is -0.381. The Bertz CT molecular complexity index is 496. The van der Waals surface area contributed by atoms with Crippen LogP contribution in [0.3, 0.4) is 0 Å². The lowest BCUT2D eigenvalue weighted by Crippen LogP contribution is -2.39. The summed E-state index contributed by atoms with van der Waals surface area (Å²) in [4.78, 5) is 23.6. The van der Waals surface area contributed by atoms with E-state index < -0.39 is 0 Å². The number of hydrogen-bond donors (Lipinski definition) is 2. The van der Waals surface area contributed by atoms with Gasteiger partial charge < -0.3 is 15.4 Å². The topological polar surface area (TPSA) is 67.4 Å². The number of benzene rings is 1. The Morgan fingerprint density at radius 3 is 2.71 bits per heavy atom. The maximum atomic E-state index is 11.9. The summed E-state index contributed by atoms with van der Waals surface area (Å²) in [6.07, 6.45) is 5.67. The second-order valence-corrected chi connectivity index (χ2v) is 5.23. The zero-order valence-corrected chi connectivity index (χ0v) is 12.4. The average molecular weight is 290 g/mol. The molecule has 1 saturated carbocycles. The summed E-state index contributed by atoms with van der Waals surface area (Å²) in [7, 11) is 0. The molecule has 114 valence electrons. The van der Waals surface area contributed by atoms with Gasteiger partial charge in [0.05, 0.1) is 12.2 Å². The number of amides is 2. The van der Waals surface area contributed by atoms with Gasteiger partial charge in [0.1, 0.15) is 0 Å². The normalized spacial score (nSPS) is 15.3. The monoisotopic (exact) mass is 290 g/mol. The number of carbonyl (C=O) groups excluding carboxylic acids is 2. The number of anilines is 1. The second-order valence-electron chi connectivity index (χ2n) is 5.23. The molecule has 5 heteroatoms. The highest BCUT2D eigenvalue weighted by Crippen LogP contribution is 2.18. The van der Waals surface area contributed by atoms with Crippen LogP contribution in [-0.2, 0) is 4.74 Å². The molecule has 1 aromatic carbocycles. The van der Waals surface area contributed by atoms with E-state index in [0.717, 1.165) is 12.8 Å². The van der Waals surface area contributed by atoms with Gasteiger partial charge >= 0.3 is 12.0 Å². The van der Waals surface area contributed by atoms with Crippen molar-refractivity contribution in [1.82, 2.24) is 5.32 Å². The molecule has 2 N–H and O–H groups in total. The number of esters is 1. The number of urea groups is 1. The van der Waals surface area contributed by atoms with Crippen molar-refractivity contribution >= 4 is 17.7 Å². The van der Waals surface area contributed by atoms with Crippen LogP contribution < -0.4 is 10.6 Å². The van der Waals surface area contributed by atoms with Crippen molar-refractivity contribution in [3.05, 3.63) is 29.8 Å². The Morgan fingerprint density at radius 2 is 2.00 bits per heavy atom. The van der Waals surface area contributed by atoms with Gasteiger partial charge in [0.2, 0.25) is 0 Å². The summed E-state index contributed by atoms with van der Waals surface area (Å²) < 4.78 is 4.94. The Morgan fingerprint density at radius 1 is 1.24 bits per heavy atom. The van der Waals surface area contributed by atoms with E-state index in [4.69, 9.17) is 4.74 Å². The standard InChI is InChI=1S/C16H22N2O3/c1-2-21-15(19)12-7-6-10-14(11-12)18-16(20)17-13-8-4-3-5-9-13/h6-7,10-11,13H,2-5,8-9H2,1H3,(H2,17,18,20). The largest absolute Gasteiger partial charge is 0.462 e. The molecular formula is C16H22N2O3. The summed E-state index contributed by atoms with van der Waals surface area (Å²) in [5, 5.41) is 5.74. The van der Waals surface area contributed by atoms with Crippen molar-refractivity contribution in [1.29, 1.82) is 0 Å². The van der Waals surface area contributed by atoms with Crippen LogP contribution in [0.5, 0.6) is 0 Å². The maximum absolute atomic E-state index is 11.9. The van der Waals surface area contributed by atoms with Gasteiger partial charge in [-0.3, -0.25) is 0 Å². The lowest BCUT2D eigenvalue weighted by atomic mass is 9.96. The lowest BCUT2D eigenvalue weighted by molar-refractivity contribution is 0.0526. The molecule has 5 nitrogen and oxygen atoms in total. The molecule has 2 rings (SSSR count). The smallest absolute Gasteiger partial charge is 0.338 e. The zero-order chi connectivity index (χ0) is 15.1. The van der Waals surface area contributed by atoms with Crippen LogP contribution in [0, 0.1) is 0 Å². The predicted octanol–water partition coefficient (Wildman–Crippen LogP) is 3.32. The Hall–Kier alpha value is -2.04. The quantitative estimate of drug-likeness (QED) is 0.836. The lowest BCUT2D eigenvalue weighted by Gasteiger charge is -2.22. The summed E-state index contributed by atoms with van der Waals surface area (Å²) in [6.45, 7) is 2.09. The van der Waals surface area contributed by atoms with Crippen LogP contribution in [0.15, 0.2) is 24.3 Å². The first-order valence-electron chi connectivity index (χ1n) is 7.53. The molecular weight excluding hydrogens is 268 g/mol. The molecule has 0 spiro atoms. The molecule has 1 aliphatic carbocycles. The minimum absolute atomic E-state index is 0.220. The first kappa shape index (κ1) is 15.4. The van der Waals surface area contributed by atoms with E-state index in [-0.39, 0.29) is 18.0 Å². The van der Waals surface area contributed by atoms with Crippen molar-refractivity contribution in [3.63, 3.8) is 0 Å². The summed E-state index contributed by atoms with van der Waals surface area (Å²) in [5.41, 5.74) is 1.03. The van der Waals surface area contributed by atoms with E-state index in [2.05, 4.69) is 10.6 Å². The average Bonchev–Trinajstić information content (AvgIpc) is 2.48. The Labute approximate surface area is 125 Å². The van der Waals surface area contributed by atoms with Crippen LogP contribution in [0.4, 0.5) is 10.5 Å². The summed E-state index contributed by atoms with van der Waals surface area (Å²) in [6, 6.07) is 6.81. The third-order valence-electron chi connectivity index (χ3n) is 3.57. The van der Waals surface area contributed by atoms with Gasteiger partial charge in [-0.2, -0.15) is 0 Å². The molecule has 0 bridgehead atoms. The Balaban J connectivity index is 1.91. The third-order valence-corrected chi connectivity index (χ3v) is 3.57. The molecule has 0 aromatic heterocycles. The van der Waals surface area contributed by atoms with E-state index in [1.54, 1.807) is 31.2 Å². The SMILES string of the molecule is CCOC(=O)c1cccc(NC(=O)NC2CCCCC2)c1. The minimum Gasteiger partial charge on any atom is -0.462 e. The molecule has 0 unspecified atom stereocenters. The predicted molar refractivity (Wildman–Crippen MR) is 81.4 cm³/mol. The van der Waals surface area contributed by atoms with Gasteiger partial charge in [0.25, 0.3) is 0 Å². The fraction of sp³-hybridized carbons (Fsp3) is 0.500. The van der Waals surface area contributed by atoms with Crippen LogP contribution in [0.2, 0.25) is 0 Å². The summed E-state index contributed by atoms with van der Waals surface area (Å²) >= 11 is 0. The molecule has 21 heavy (non-hydrogen) atoms. The van der Waals surface area contributed by atoms with Crippen LogP contribution in [0.25, 0.3) is 0 Å². The van der Waals surface area contributed by atoms with E-state index in [1.165, 1.54) is 19.3 Å². The maximum Gasteiger partial charge on any atom is 0.338 e. The first-order valence-corrected chi connectivity index (χ1v) is 7.53. The molecule has 1 aliphatic rings. The van der Waals surface area contributed by atoms with Crippen LogP contribution in [-0.4, -0.2) is 24.6 Å². The van der Waals surface area contributed by atoms with Gasteiger partial charge in [0.15, 0.2) is 0 Å². The van der Waals surface area contributed by atoms with Crippen molar-refractivity contribution in [2.45, 2.75) is 45.1 Å².